The van der Waals surface area contributed by atoms with Gasteiger partial charge in [-0.1, -0.05) is 60.7 Å². The highest BCUT2D eigenvalue weighted by atomic mass is 16.1. The minimum absolute atomic E-state index is 0.0808. The van der Waals surface area contributed by atoms with Crippen LogP contribution in [0.4, 0.5) is 0 Å². The van der Waals surface area contributed by atoms with Crippen LogP contribution in [0, 0.1) is 0 Å². The van der Waals surface area contributed by atoms with Crippen molar-refractivity contribution in [3.63, 3.8) is 0 Å². The summed E-state index contributed by atoms with van der Waals surface area (Å²) in [5.74, 6) is 0. The molecule has 0 aliphatic carbocycles. The molecule has 0 saturated carbocycles. The first-order chi connectivity index (χ1) is 9.34. The number of hydrogen-bond acceptors (Lipinski definition) is 1. The van der Waals surface area contributed by atoms with E-state index in [2.05, 4.69) is 4.98 Å². The maximum atomic E-state index is 11.9. The molecule has 0 unspecified atom stereocenters. The lowest BCUT2D eigenvalue weighted by Gasteiger charge is -2.07. The van der Waals surface area contributed by atoms with Crippen molar-refractivity contribution in [3.8, 4) is 11.3 Å². The van der Waals surface area contributed by atoms with Gasteiger partial charge in [-0.05, 0) is 11.1 Å². The third-order valence-electron chi connectivity index (χ3n) is 3.12. The summed E-state index contributed by atoms with van der Waals surface area (Å²) < 4.78 is 1.75. The van der Waals surface area contributed by atoms with Crippen molar-refractivity contribution in [2.75, 3.05) is 0 Å². The van der Waals surface area contributed by atoms with Gasteiger partial charge < -0.3 is 4.98 Å². The van der Waals surface area contributed by atoms with E-state index in [1.165, 1.54) is 0 Å². The summed E-state index contributed by atoms with van der Waals surface area (Å²) in [4.78, 5) is 14.7. The van der Waals surface area contributed by atoms with Crippen molar-refractivity contribution in [1.29, 1.82) is 0 Å². The maximum Gasteiger partial charge on any atom is 0.326 e. The Balaban J connectivity index is 2.03. The fraction of sp³-hybridized carbons (Fsp3) is 0.0625. The van der Waals surface area contributed by atoms with E-state index >= 15 is 0 Å². The normalized spacial score (nSPS) is 10.5. The highest BCUT2D eigenvalue weighted by molar-refractivity contribution is 5.58. The Labute approximate surface area is 111 Å². The third-order valence-corrected chi connectivity index (χ3v) is 3.12. The largest absolute Gasteiger partial charge is 0.326 e. The van der Waals surface area contributed by atoms with E-state index in [0.717, 1.165) is 16.8 Å². The summed E-state index contributed by atoms with van der Waals surface area (Å²) >= 11 is 0. The maximum absolute atomic E-state index is 11.9. The molecule has 1 N–H and O–H groups in total. The number of benzene rings is 2. The molecule has 0 fully saturated rings. The van der Waals surface area contributed by atoms with Gasteiger partial charge in [0.2, 0.25) is 0 Å². The van der Waals surface area contributed by atoms with Crippen molar-refractivity contribution in [1.82, 2.24) is 9.55 Å². The molecule has 0 atom stereocenters. The highest BCUT2D eigenvalue weighted by Gasteiger charge is 2.08. The number of hydrogen-bond donors (Lipinski definition) is 1. The minimum atomic E-state index is -0.0808. The quantitative estimate of drug-likeness (QED) is 0.762. The van der Waals surface area contributed by atoms with Crippen molar-refractivity contribution in [2.24, 2.45) is 0 Å². The smallest absolute Gasteiger partial charge is 0.312 e. The van der Waals surface area contributed by atoms with Gasteiger partial charge in [-0.25, -0.2) is 4.79 Å². The van der Waals surface area contributed by atoms with Gasteiger partial charge in [-0.2, -0.15) is 0 Å². The zero-order valence-corrected chi connectivity index (χ0v) is 10.4. The molecule has 3 aromatic rings. The average Bonchev–Trinajstić information content (AvgIpc) is 2.82. The fourth-order valence-electron chi connectivity index (χ4n) is 2.17. The first-order valence-corrected chi connectivity index (χ1v) is 6.22. The number of aromatic nitrogens is 2. The average molecular weight is 250 g/mol. The molecule has 0 bridgehead atoms. The SMILES string of the molecule is O=c1[nH]cc(-c2ccccc2)n1Cc1ccccc1. The first kappa shape index (κ1) is 11.5. The Kier molecular flexibility index (Phi) is 3.02. The molecular weight excluding hydrogens is 236 g/mol. The Morgan fingerprint density at radius 3 is 2.21 bits per heavy atom. The number of rotatable bonds is 3. The van der Waals surface area contributed by atoms with Crippen molar-refractivity contribution in [2.45, 2.75) is 6.54 Å². The Hall–Kier alpha value is -2.55. The molecule has 0 saturated heterocycles. The summed E-state index contributed by atoms with van der Waals surface area (Å²) in [7, 11) is 0. The monoisotopic (exact) mass is 250 g/mol. The molecule has 1 aromatic heterocycles. The molecular formula is C16H14N2O. The predicted molar refractivity (Wildman–Crippen MR) is 76.0 cm³/mol. The van der Waals surface area contributed by atoms with E-state index in [1.54, 1.807) is 10.8 Å². The molecule has 2 aromatic carbocycles. The molecule has 3 heteroatoms. The first-order valence-electron chi connectivity index (χ1n) is 6.22. The van der Waals surface area contributed by atoms with Crippen LogP contribution in [0.25, 0.3) is 11.3 Å². The van der Waals surface area contributed by atoms with E-state index < -0.39 is 0 Å². The molecule has 0 spiro atoms. The molecule has 0 amide bonds. The van der Waals surface area contributed by atoms with Gasteiger partial charge in [0.1, 0.15) is 0 Å². The third kappa shape index (κ3) is 2.36. The number of nitrogens with one attached hydrogen (secondary N) is 1. The number of H-pyrrole nitrogens is 1. The standard InChI is InChI=1S/C16H14N2O/c19-16-17-11-15(14-9-5-2-6-10-14)18(16)12-13-7-3-1-4-8-13/h1-11H,12H2,(H,17,19). The molecule has 0 radical (unpaired) electrons. The molecule has 0 aliphatic rings. The lowest BCUT2D eigenvalue weighted by atomic mass is 10.1. The minimum Gasteiger partial charge on any atom is -0.312 e. The van der Waals surface area contributed by atoms with E-state index in [4.69, 9.17) is 0 Å². The summed E-state index contributed by atoms with van der Waals surface area (Å²) in [6, 6.07) is 19.9. The lowest BCUT2D eigenvalue weighted by molar-refractivity contribution is 0.769. The van der Waals surface area contributed by atoms with Crippen molar-refractivity contribution in [3.05, 3.63) is 82.9 Å². The van der Waals surface area contributed by atoms with Crippen LogP contribution in [-0.2, 0) is 6.54 Å². The summed E-state index contributed by atoms with van der Waals surface area (Å²) in [5, 5.41) is 0. The van der Waals surface area contributed by atoms with Crippen LogP contribution in [-0.4, -0.2) is 9.55 Å². The lowest BCUT2D eigenvalue weighted by Crippen LogP contribution is -2.18. The molecule has 19 heavy (non-hydrogen) atoms. The number of aromatic amines is 1. The zero-order chi connectivity index (χ0) is 13.1. The van der Waals surface area contributed by atoms with Gasteiger partial charge in [0.15, 0.2) is 0 Å². The van der Waals surface area contributed by atoms with Gasteiger partial charge in [0.25, 0.3) is 0 Å². The van der Waals surface area contributed by atoms with E-state index in [9.17, 15) is 4.79 Å². The highest BCUT2D eigenvalue weighted by Crippen LogP contribution is 2.17. The molecule has 3 nitrogen and oxygen atoms in total. The second-order valence-corrected chi connectivity index (χ2v) is 4.42. The van der Waals surface area contributed by atoms with E-state index in [1.807, 2.05) is 60.7 Å². The zero-order valence-electron chi connectivity index (χ0n) is 10.4. The Bertz CT molecular complexity index is 711. The molecule has 0 aliphatic heterocycles. The van der Waals surface area contributed by atoms with Crippen LogP contribution in [0.1, 0.15) is 5.56 Å². The number of imidazole rings is 1. The van der Waals surface area contributed by atoms with Gasteiger partial charge in [-0.15, -0.1) is 0 Å². The van der Waals surface area contributed by atoms with E-state index in [-0.39, 0.29) is 5.69 Å². The molecule has 94 valence electrons. The Morgan fingerprint density at radius 1 is 0.895 bits per heavy atom. The summed E-state index contributed by atoms with van der Waals surface area (Å²) in [6.07, 6.45) is 1.76. The van der Waals surface area contributed by atoms with Crippen molar-refractivity contribution >= 4 is 0 Å². The molecule has 1 heterocycles. The summed E-state index contributed by atoms with van der Waals surface area (Å²) in [6.45, 7) is 0.577. The molecule has 3 rings (SSSR count). The van der Waals surface area contributed by atoms with Crippen LogP contribution >= 0.6 is 0 Å². The van der Waals surface area contributed by atoms with Gasteiger partial charge in [0, 0.05) is 6.20 Å². The topological polar surface area (TPSA) is 37.8 Å². The fourth-order valence-corrected chi connectivity index (χ4v) is 2.17. The predicted octanol–water partition coefficient (Wildman–Crippen LogP) is 2.89. The van der Waals surface area contributed by atoms with Crippen LogP contribution in [0.2, 0.25) is 0 Å². The van der Waals surface area contributed by atoms with Gasteiger partial charge >= 0.3 is 5.69 Å². The van der Waals surface area contributed by atoms with Gasteiger partial charge in [0.05, 0.1) is 12.2 Å². The number of nitrogens with zero attached hydrogens (tertiary/aromatic N) is 1. The van der Waals surface area contributed by atoms with Crippen LogP contribution in [0.3, 0.4) is 0 Å². The van der Waals surface area contributed by atoms with Gasteiger partial charge in [-0.3, -0.25) is 4.57 Å². The van der Waals surface area contributed by atoms with Crippen LogP contribution in [0.15, 0.2) is 71.7 Å². The van der Waals surface area contributed by atoms with E-state index in [0.29, 0.717) is 6.54 Å². The van der Waals surface area contributed by atoms with Crippen molar-refractivity contribution < 1.29 is 0 Å². The van der Waals surface area contributed by atoms with Crippen LogP contribution in [0.5, 0.6) is 0 Å². The van der Waals surface area contributed by atoms with Crippen LogP contribution < -0.4 is 5.69 Å². The second kappa shape index (κ2) is 4.98. The Morgan fingerprint density at radius 2 is 1.53 bits per heavy atom. The summed E-state index contributed by atoms with van der Waals surface area (Å²) in [5.41, 5.74) is 2.98. The second-order valence-electron chi connectivity index (χ2n) is 4.42.